The van der Waals surface area contributed by atoms with Crippen molar-refractivity contribution < 1.29 is 38.5 Å². The number of phenols is 1. The van der Waals surface area contributed by atoms with Gasteiger partial charge in [0.25, 0.3) is 0 Å². The monoisotopic (exact) mass is 970 g/mol. The van der Waals surface area contributed by atoms with Crippen molar-refractivity contribution in [2.75, 3.05) is 45.1 Å². The molecule has 0 saturated carbocycles. The standard InChI is InChI=1S/C31H28N2O4.C30H26N2O4/c1-20-29(30(34)24-13-8-10-21-9-4-5-11-23(21)24)25-12-6-7-14-27(25)33(20)18-17-32-22-15-16-26(31(35)37-3)28(19-22)36-2;1-19-28(29(34)23-12-7-9-20-8-3-4-10-22(20)23)24-11-5-6-13-26(24)32(19)17-16-31-21-14-15-25(27(33)18-21)30(35)36-2/h4-16,19,32H,17-18H2,1-3H3;3-15,18,31,33H,16-17H2,1-2H3. The van der Waals surface area contributed by atoms with Gasteiger partial charge in [-0.2, -0.15) is 0 Å². The summed E-state index contributed by atoms with van der Waals surface area (Å²) >= 11 is 0. The molecule has 10 aromatic rings. The Bertz CT molecular complexity index is 3730. The summed E-state index contributed by atoms with van der Waals surface area (Å²) in [7, 11) is 4.14. The van der Waals surface area contributed by atoms with Gasteiger partial charge in [-0.1, -0.05) is 121 Å². The van der Waals surface area contributed by atoms with E-state index in [-0.39, 0.29) is 22.9 Å². The van der Waals surface area contributed by atoms with Crippen LogP contribution in [0.15, 0.2) is 170 Å². The van der Waals surface area contributed by atoms with E-state index in [2.05, 4.69) is 30.6 Å². The molecule has 0 spiro atoms. The Kier molecular flexibility index (Phi) is 14.4. The zero-order chi connectivity index (χ0) is 51.2. The minimum atomic E-state index is -0.586. The number of ether oxygens (including phenoxy) is 3. The number of rotatable bonds is 15. The van der Waals surface area contributed by atoms with Crippen molar-refractivity contribution in [1.82, 2.24) is 9.13 Å². The van der Waals surface area contributed by atoms with Crippen LogP contribution in [0.3, 0.4) is 0 Å². The van der Waals surface area contributed by atoms with Gasteiger partial charge in [-0.3, -0.25) is 9.59 Å². The first kappa shape index (κ1) is 48.8. The molecule has 3 N–H and O–H groups in total. The minimum absolute atomic E-state index is 0.00975. The van der Waals surface area contributed by atoms with Gasteiger partial charge in [0.1, 0.15) is 22.6 Å². The molecule has 2 aromatic heterocycles. The lowest BCUT2D eigenvalue weighted by atomic mass is 9.95. The van der Waals surface area contributed by atoms with E-state index in [0.29, 0.717) is 59.9 Å². The van der Waals surface area contributed by atoms with Crippen molar-refractivity contribution in [3.63, 3.8) is 0 Å². The number of hydrogen-bond donors (Lipinski definition) is 3. The van der Waals surface area contributed by atoms with Crippen LogP contribution < -0.4 is 15.4 Å². The predicted molar refractivity (Wildman–Crippen MR) is 289 cm³/mol. The minimum Gasteiger partial charge on any atom is -0.507 e. The molecular weight excluding hydrogens is 917 g/mol. The summed E-state index contributed by atoms with van der Waals surface area (Å²) in [5, 5.41) is 22.7. The van der Waals surface area contributed by atoms with Crippen LogP contribution in [0.5, 0.6) is 11.5 Å². The summed E-state index contributed by atoms with van der Waals surface area (Å²) in [5.41, 5.74) is 8.68. The number of benzene rings is 8. The number of methoxy groups -OCH3 is 3. The number of nitrogens with zero attached hydrogens (tertiary/aromatic N) is 2. The van der Waals surface area contributed by atoms with Gasteiger partial charge in [-0.25, -0.2) is 9.59 Å². The molecule has 2 heterocycles. The zero-order valence-corrected chi connectivity index (χ0v) is 41.2. The van der Waals surface area contributed by atoms with E-state index >= 15 is 0 Å². The van der Waals surface area contributed by atoms with Crippen molar-refractivity contribution in [3.8, 4) is 11.5 Å². The van der Waals surface area contributed by atoms with E-state index in [1.165, 1.54) is 33.5 Å². The van der Waals surface area contributed by atoms with Gasteiger partial charge in [0, 0.05) is 94.0 Å². The first-order chi connectivity index (χ1) is 35.5. The largest absolute Gasteiger partial charge is 0.507 e. The quantitative estimate of drug-likeness (QED) is 0.0669. The van der Waals surface area contributed by atoms with Crippen molar-refractivity contribution in [3.05, 3.63) is 215 Å². The number of carbonyl (C=O) groups is 4. The second-order valence-corrected chi connectivity index (χ2v) is 17.5. The van der Waals surface area contributed by atoms with E-state index < -0.39 is 11.9 Å². The third-order valence-corrected chi connectivity index (χ3v) is 13.3. The molecule has 73 heavy (non-hydrogen) atoms. The molecule has 0 radical (unpaired) electrons. The van der Waals surface area contributed by atoms with E-state index in [1.807, 2.05) is 147 Å². The molecule has 12 heteroatoms. The highest BCUT2D eigenvalue weighted by molar-refractivity contribution is 6.23. The number of ketones is 2. The number of fused-ring (bicyclic) bond motifs is 4. The number of phenolic OH excluding ortho intramolecular Hbond substituents is 1. The van der Waals surface area contributed by atoms with E-state index in [0.717, 1.165) is 66.0 Å². The number of aromatic hydroxyl groups is 1. The average Bonchev–Trinajstić information content (AvgIpc) is 3.87. The fourth-order valence-electron chi connectivity index (χ4n) is 9.76. The average molecular weight is 971 g/mol. The van der Waals surface area contributed by atoms with Crippen molar-refractivity contribution in [2.24, 2.45) is 0 Å². The number of esters is 2. The third-order valence-electron chi connectivity index (χ3n) is 13.3. The van der Waals surface area contributed by atoms with Gasteiger partial charge in [0.15, 0.2) is 11.6 Å². The number of carbonyl (C=O) groups excluding carboxylic acids is 4. The Labute approximate surface area is 422 Å². The number of anilines is 2. The summed E-state index contributed by atoms with van der Waals surface area (Å²) in [6.07, 6.45) is 0. The highest BCUT2D eigenvalue weighted by Gasteiger charge is 2.24. The topological polar surface area (TPSA) is 150 Å². The number of hydrogen-bond acceptors (Lipinski definition) is 10. The maximum atomic E-state index is 13.9. The number of para-hydroxylation sites is 2. The van der Waals surface area contributed by atoms with Crippen LogP contribution in [0.1, 0.15) is 63.9 Å². The molecule has 8 aromatic carbocycles. The third kappa shape index (κ3) is 9.70. The molecule has 0 saturated heterocycles. The van der Waals surface area contributed by atoms with E-state index in [4.69, 9.17) is 9.47 Å². The first-order valence-electron chi connectivity index (χ1n) is 23.9. The molecule has 10 rings (SSSR count). The van der Waals surface area contributed by atoms with Gasteiger partial charge >= 0.3 is 11.9 Å². The van der Waals surface area contributed by atoms with Crippen molar-refractivity contribution in [1.29, 1.82) is 0 Å². The fraction of sp³-hybridized carbons (Fsp3) is 0.148. The Morgan fingerprint density at radius 3 is 1.34 bits per heavy atom. The van der Waals surface area contributed by atoms with Crippen LogP contribution in [0.2, 0.25) is 0 Å². The van der Waals surface area contributed by atoms with Gasteiger partial charge < -0.3 is 39.1 Å². The zero-order valence-electron chi connectivity index (χ0n) is 41.2. The lowest BCUT2D eigenvalue weighted by Gasteiger charge is -2.13. The summed E-state index contributed by atoms with van der Waals surface area (Å²) in [5.74, 6) is -0.686. The summed E-state index contributed by atoms with van der Waals surface area (Å²) in [6, 6.07) is 53.6. The van der Waals surface area contributed by atoms with Crippen molar-refractivity contribution >= 4 is 78.2 Å². The molecular formula is C61H54N4O8. The number of nitrogens with one attached hydrogen (secondary N) is 2. The first-order valence-corrected chi connectivity index (χ1v) is 23.9. The summed E-state index contributed by atoms with van der Waals surface area (Å²) in [4.78, 5) is 51.4. The molecule has 0 amide bonds. The highest BCUT2D eigenvalue weighted by Crippen LogP contribution is 2.33. The molecule has 12 nitrogen and oxygen atoms in total. The lowest BCUT2D eigenvalue weighted by molar-refractivity contribution is 0.0588. The SMILES string of the molecule is COC(=O)c1ccc(NCCn2c(C)c(C(=O)c3cccc4ccccc34)c3ccccc32)cc1O.COC(=O)c1ccc(NCCn2c(C)c(C(=O)c3cccc4ccccc34)c3ccccc32)cc1OC. The van der Waals surface area contributed by atoms with E-state index in [1.54, 1.807) is 18.2 Å². The fourth-order valence-corrected chi connectivity index (χ4v) is 9.76. The molecule has 366 valence electrons. The summed E-state index contributed by atoms with van der Waals surface area (Å²) in [6.45, 7) is 6.41. The molecule has 0 aliphatic rings. The lowest BCUT2D eigenvalue weighted by Crippen LogP contribution is -2.13. The van der Waals surface area contributed by atoms with Gasteiger partial charge in [0.2, 0.25) is 0 Å². The molecule has 0 atom stereocenters. The molecule has 0 bridgehead atoms. The van der Waals surface area contributed by atoms with Crippen LogP contribution in [-0.4, -0.2) is 72.2 Å². The molecule has 0 unspecified atom stereocenters. The highest BCUT2D eigenvalue weighted by atomic mass is 16.5. The number of aromatic nitrogens is 2. The Morgan fingerprint density at radius 2 is 0.877 bits per heavy atom. The molecule has 0 aliphatic heterocycles. The van der Waals surface area contributed by atoms with Crippen LogP contribution in [-0.2, 0) is 22.6 Å². The maximum absolute atomic E-state index is 13.9. The Balaban J connectivity index is 0.000000180. The normalized spacial score (nSPS) is 11.0. The van der Waals surface area contributed by atoms with Gasteiger partial charge in [-0.05, 0) is 71.8 Å². The Morgan fingerprint density at radius 1 is 0.466 bits per heavy atom. The smallest absolute Gasteiger partial charge is 0.341 e. The predicted octanol–water partition coefficient (Wildman–Crippen LogP) is 12.2. The second-order valence-electron chi connectivity index (χ2n) is 17.5. The Hall–Kier alpha value is -9.16. The summed E-state index contributed by atoms with van der Waals surface area (Å²) < 4.78 is 19.2. The van der Waals surface area contributed by atoms with Crippen LogP contribution in [0, 0.1) is 13.8 Å². The van der Waals surface area contributed by atoms with Crippen LogP contribution in [0.4, 0.5) is 11.4 Å². The van der Waals surface area contributed by atoms with Gasteiger partial charge in [0.05, 0.1) is 32.5 Å². The maximum Gasteiger partial charge on any atom is 0.341 e. The van der Waals surface area contributed by atoms with E-state index in [9.17, 15) is 24.3 Å². The molecule has 0 aliphatic carbocycles. The van der Waals surface area contributed by atoms with Crippen LogP contribution in [0.25, 0.3) is 43.4 Å². The van der Waals surface area contributed by atoms with Crippen molar-refractivity contribution in [2.45, 2.75) is 26.9 Å². The van der Waals surface area contributed by atoms with Gasteiger partial charge in [-0.15, -0.1) is 0 Å². The molecule has 0 fully saturated rings. The second kappa shape index (κ2) is 21.5. The van der Waals surface area contributed by atoms with Crippen LogP contribution >= 0.6 is 0 Å².